The first kappa shape index (κ1) is 21.2. The molecule has 2 amide bonds. The molecular weight excluding hydrogens is 356 g/mol. The maximum atomic E-state index is 12.5. The standard InChI is InChI=1S/C19H29F2N3O3/c1-18(2)9-13(10-19(3,4)24-18)23-17(25)22-11-12-6-7-14(26-5)15(8-12)27-16(20)21/h6-8,13,16,24H,9-11H2,1-5H3,(H2,22,23,25). The second-order valence-electron chi connectivity index (χ2n) is 8.19. The van der Waals surface area contributed by atoms with Crippen LogP contribution in [0.5, 0.6) is 11.5 Å². The van der Waals surface area contributed by atoms with E-state index >= 15 is 0 Å². The van der Waals surface area contributed by atoms with E-state index < -0.39 is 6.61 Å². The minimum absolute atomic E-state index is 0.0462. The average Bonchev–Trinajstić information content (AvgIpc) is 2.49. The summed E-state index contributed by atoms with van der Waals surface area (Å²) in [5, 5.41) is 9.34. The SMILES string of the molecule is COc1ccc(CNC(=O)NC2CC(C)(C)NC(C)(C)C2)cc1OC(F)F. The normalized spacial score (nSPS) is 18.8. The molecule has 1 fully saturated rings. The minimum Gasteiger partial charge on any atom is -0.493 e. The summed E-state index contributed by atoms with van der Waals surface area (Å²) in [5.74, 6) is 0.150. The third kappa shape index (κ3) is 6.53. The second-order valence-corrected chi connectivity index (χ2v) is 8.19. The van der Waals surface area contributed by atoms with Gasteiger partial charge in [0.25, 0.3) is 0 Å². The summed E-state index contributed by atoms with van der Waals surface area (Å²) < 4.78 is 34.5. The van der Waals surface area contributed by atoms with Crippen LogP contribution in [0, 0.1) is 0 Å². The monoisotopic (exact) mass is 385 g/mol. The highest BCUT2D eigenvalue weighted by atomic mass is 19.3. The Morgan fingerprint density at radius 2 is 1.85 bits per heavy atom. The fraction of sp³-hybridized carbons (Fsp3) is 0.632. The summed E-state index contributed by atoms with van der Waals surface area (Å²) in [6.07, 6.45) is 1.64. The number of carbonyl (C=O) groups is 1. The van der Waals surface area contributed by atoms with Crippen LogP contribution in [0.15, 0.2) is 18.2 Å². The highest BCUT2D eigenvalue weighted by Crippen LogP contribution is 2.30. The Labute approximate surface area is 159 Å². The summed E-state index contributed by atoms with van der Waals surface area (Å²) in [6, 6.07) is 4.41. The van der Waals surface area contributed by atoms with Gasteiger partial charge in [0.1, 0.15) is 0 Å². The molecule has 1 aromatic carbocycles. The molecule has 0 aromatic heterocycles. The Morgan fingerprint density at radius 1 is 1.22 bits per heavy atom. The zero-order valence-electron chi connectivity index (χ0n) is 16.5. The van der Waals surface area contributed by atoms with Gasteiger partial charge in [-0.1, -0.05) is 6.07 Å². The lowest BCUT2D eigenvalue weighted by atomic mass is 9.80. The third-order valence-corrected chi connectivity index (χ3v) is 4.42. The van der Waals surface area contributed by atoms with Gasteiger partial charge < -0.3 is 25.4 Å². The minimum atomic E-state index is -2.95. The topological polar surface area (TPSA) is 71.6 Å². The number of carbonyl (C=O) groups excluding carboxylic acids is 1. The first-order valence-electron chi connectivity index (χ1n) is 8.95. The van der Waals surface area contributed by atoms with Crippen LogP contribution in [0.25, 0.3) is 0 Å². The van der Waals surface area contributed by atoms with Gasteiger partial charge in [0, 0.05) is 23.7 Å². The summed E-state index contributed by atoms with van der Waals surface area (Å²) >= 11 is 0. The first-order chi connectivity index (χ1) is 12.5. The van der Waals surface area contributed by atoms with Crippen LogP contribution in [0.2, 0.25) is 0 Å². The van der Waals surface area contributed by atoms with Gasteiger partial charge in [0.05, 0.1) is 7.11 Å². The molecule has 0 unspecified atom stereocenters. The number of alkyl halides is 2. The number of methoxy groups -OCH3 is 1. The molecule has 152 valence electrons. The van der Waals surface area contributed by atoms with E-state index in [9.17, 15) is 13.6 Å². The van der Waals surface area contributed by atoms with E-state index in [-0.39, 0.29) is 41.2 Å². The molecule has 0 radical (unpaired) electrons. The molecule has 2 rings (SSSR count). The number of nitrogens with one attached hydrogen (secondary N) is 3. The molecule has 0 saturated carbocycles. The molecule has 1 heterocycles. The van der Waals surface area contributed by atoms with Gasteiger partial charge in [0.15, 0.2) is 11.5 Å². The van der Waals surface area contributed by atoms with Crippen LogP contribution in [0.3, 0.4) is 0 Å². The van der Waals surface area contributed by atoms with Crippen molar-refractivity contribution in [3.8, 4) is 11.5 Å². The number of piperidine rings is 1. The third-order valence-electron chi connectivity index (χ3n) is 4.42. The fourth-order valence-corrected chi connectivity index (χ4v) is 3.86. The highest BCUT2D eigenvalue weighted by Gasteiger charge is 2.38. The molecule has 27 heavy (non-hydrogen) atoms. The van der Waals surface area contributed by atoms with Crippen LogP contribution in [0.1, 0.15) is 46.1 Å². The van der Waals surface area contributed by atoms with Crippen molar-refractivity contribution in [1.29, 1.82) is 0 Å². The van der Waals surface area contributed by atoms with Gasteiger partial charge in [-0.3, -0.25) is 0 Å². The van der Waals surface area contributed by atoms with Gasteiger partial charge >= 0.3 is 12.6 Å². The Morgan fingerprint density at radius 3 is 2.41 bits per heavy atom. The number of amides is 2. The summed E-state index contributed by atoms with van der Waals surface area (Å²) in [7, 11) is 1.38. The van der Waals surface area contributed by atoms with Crippen molar-refractivity contribution in [2.75, 3.05) is 7.11 Å². The lowest BCUT2D eigenvalue weighted by Gasteiger charge is -2.46. The predicted molar refractivity (Wildman–Crippen MR) is 99.3 cm³/mol. The van der Waals surface area contributed by atoms with Gasteiger partial charge in [-0.05, 0) is 58.2 Å². The Kier molecular flexibility index (Phi) is 6.51. The molecule has 6 nitrogen and oxygen atoms in total. The second kappa shape index (κ2) is 8.29. The number of halogens is 2. The van der Waals surface area contributed by atoms with E-state index in [0.29, 0.717) is 5.56 Å². The molecule has 0 aliphatic carbocycles. The number of ether oxygens (including phenoxy) is 2. The number of urea groups is 1. The van der Waals surface area contributed by atoms with E-state index in [4.69, 9.17) is 4.74 Å². The number of rotatable bonds is 6. The zero-order chi connectivity index (χ0) is 20.2. The molecule has 1 saturated heterocycles. The fourth-order valence-electron chi connectivity index (χ4n) is 3.86. The molecule has 8 heteroatoms. The number of hydrogen-bond donors (Lipinski definition) is 3. The quantitative estimate of drug-likeness (QED) is 0.702. The molecule has 3 N–H and O–H groups in total. The highest BCUT2D eigenvalue weighted by molar-refractivity contribution is 5.74. The Hall–Kier alpha value is -2.09. The molecular formula is C19H29F2N3O3. The summed E-state index contributed by atoms with van der Waals surface area (Å²) in [5.41, 5.74) is 0.488. The van der Waals surface area contributed by atoms with Crippen molar-refractivity contribution in [2.45, 2.75) is 70.8 Å². The Balaban J connectivity index is 1.93. The largest absolute Gasteiger partial charge is 0.493 e. The zero-order valence-corrected chi connectivity index (χ0v) is 16.5. The summed E-state index contributed by atoms with van der Waals surface area (Å²) in [4.78, 5) is 12.3. The van der Waals surface area contributed by atoms with Gasteiger partial charge in [0.2, 0.25) is 0 Å². The van der Waals surface area contributed by atoms with Crippen molar-refractivity contribution in [3.63, 3.8) is 0 Å². The maximum absolute atomic E-state index is 12.5. The molecule has 1 aromatic rings. The molecule has 1 aliphatic heterocycles. The van der Waals surface area contributed by atoms with Crippen molar-refractivity contribution in [1.82, 2.24) is 16.0 Å². The van der Waals surface area contributed by atoms with Crippen molar-refractivity contribution in [3.05, 3.63) is 23.8 Å². The molecule has 0 bridgehead atoms. The van der Waals surface area contributed by atoms with Crippen molar-refractivity contribution in [2.24, 2.45) is 0 Å². The van der Waals surface area contributed by atoms with E-state index in [2.05, 4.69) is 48.4 Å². The van der Waals surface area contributed by atoms with Crippen LogP contribution in [-0.2, 0) is 6.54 Å². The van der Waals surface area contributed by atoms with Crippen molar-refractivity contribution >= 4 is 6.03 Å². The number of hydrogen-bond acceptors (Lipinski definition) is 4. The molecule has 0 atom stereocenters. The smallest absolute Gasteiger partial charge is 0.387 e. The average molecular weight is 385 g/mol. The van der Waals surface area contributed by atoms with Crippen LogP contribution in [0.4, 0.5) is 13.6 Å². The first-order valence-corrected chi connectivity index (χ1v) is 8.95. The van der Waals surface area contributed by atoms with E-state index in [1.165, 1.54) is 19.2 Å². The van der Waals surface area contributed by atoms with Crippen LogP contribution >= 0.6 is 0 Å². The van der Waals surface area contributed by atoms with E-state index in [1.807, 2.05) is 0 Å². The van der Waals surface area contributed by atoms with Gasteiger partial charge in [-0.25, -0.2) is 4.79 Å². The lowest BCUT2D eigenvalue weighted by molar-refractivity contribution is -0.0512. The number of benzene rings is 1. The van der Waals surface area contributed by atoms with Crippen LogP contribution < -0.4 is 25.4 Å². The van der Waals surface area contributed by atoms with Gasteiger partial charge in [-0.15, -0.1) is 0 Å². The van der Waals surface area contributed by atoms with Crippen molar-refractivity contribution < 1.29 is 23.0 Å². The predicted octanol–water partition coefficient (Wildman–Crippen LogP) is 3.41. The lowest BCUT2D eigenvalue weighted by Crippen LogP contribution is -2.62. The molecule has 1 aliphatic rings. The van der Waals surface area contributed by atoms with Crippen LogP contribution in [-0.4, -0.2) is 36.9 Å². The molecule has 0 spiro atoms. The summed E-state index contributed by atoms with van der Waals surface area (Å²) in [6.45, 7) is 5.69. The maximum Gasteiger partial charge on any atom is 0.387 e. The Bertz CT molecular complexity index is 650. The van der Waals surface area contributed by atoms with E-state index in [1.54, 1.807) is 6.07 Å². The van der Waals surface area contributed by atoms with Gasteiger partial charge in [-0.2, -0.15) is 8.78 Å². The van der Waals surface area contributed by atoms with E-state index in [0.717, 1.165) is 12.8 Å².